The first-order chi connectivity index (χ1) is 9.95. The summed E-state index contributed by atoms with van der Waals surface area (Å²) in [4.78, 5) is 22.4. The summed E-state index contributed by atoms with van der Waals surface area (Å²) in [6.07, 6.45) is 3.65. The van der Waals surface area contributed by atoms with E-state index in [0.29, 0.717) is 0 Å². The minimum Gasteiger partial charge on any atom is -0.480 e. The number of nitrogens with zero attached hydrogens (tertiary/aromatic N) is 1. The maximum Gasteiger partial charge on any atom is 0.323 e. The second-order valence-corrected chi connectivity index (χ2v) is 5.12. The molecule has 0 aliphatic heterocycles. The zero-order valence-corrected chi connectivity index (χ0v) is 12.0. The second kappa shape index (κ2) is 6.22. The lowest BCUT2D eigenvalue weighted by molar-refractivity contribution is -0.137. The molecule has 108 valence electrons. The van der Waals surface area contributed by atoms with Crippen LogP contribution in [0.4, 0.5) is 0 Å². The summed E-state index contributed by atoms with van der Waals surface area (Å²) in [6, 6.07) is 11.0. The summed E-state index contributed by atoms with van der Waals surface area (Å²) in [5.41, 5.74) is 3.72. The van der Waals surface area contributed by atoms with E-state index in [1.165, 1.54) is 16.2 Å². The lowest BCUT2D eigenvalue weighted by Gasteiger charge is -2.07. The van der Waals surface area contributed by atoms with Crippen molar-refractivity contribution < 1.29 is 9.90 Å². The number of carbonyl (C=O) groups is 1. The van der Waals surface area contributed by atoms with E-state index in [0.717, 1.165) is 16.7 Å². The number of aliphatic carboxylic acids is 1. The molecule has 4 nitrogen and oxygen atoms in total. The largest absolute Gasteiger partial charge is 0.480 e. The van der Waals surface area contributed by atoms with E-state index in [-0.39, 0.29) is 12.1 Å². The van der Waals surface area contributed by atoms with Crippen molar-refractivity contribution in [3.8, 4) is 11.1 Å². The lowest BCUT2D eigenvalue weighted by atomic mass is 10.0. The number of benzene rings is 1. The first-order valence-corrected chi connectivity index (χ1v) is 6.63. The van der Waals surface area contributed by atoms with Gasteiger partial charge in [0.25, 0.3) is 5.56 Å². The fraction of sp³-hybridized carbons (Fsp3) is 0.176. The summed E-state index contributed by atoms with van der Waals surface area (Å²) in [5.74, 6) is -1.03. The molecule has 0 aliphatic carbocycles. The van der Waals surface area contributed by atoms with Gasteiger partial charge >= 0.3 is 5.97 Å². The third-order valence-electron chi connectivity index (χ3n) is 2.96. The Morgan fingerprint density at radius 2 is 1.95 bits per heavy atom. The average Bonchev–Trinajstić information content (AvgIpc) is 2.40. The molecule has 2 rings (SSSR count). The zero-order valence-electron chi connectivity index (χ0n) is 12.0. The molecule has 2 aromatic rings. The highest BCUT2D eigenvalue weighted by Gasteiger charge is 2.05. The first-order valence-electron chi connectivity index (χ1n) is 6.63. The number of carboxylic acids is 1. The van der Waals surface area contributed by atoms with Gasteiger partial charge in [0, 0.05) is 12.3 Å². The molecule has 0 atom stereocenters. The maximum absolute atomic E-state index is 11.6. The van der Waals surface area contributed by atoms with Gasteiger partial charge in [0.05, 0.1) is 0 Å². The Morgan fingerprint density at radius 3 is 2.62 bits per heavy atom. The molecule has 1 aromatic carbocycles. The van der Waals surface area contributed by atoms with Crippen LogP contribution in [0.5, 0.6) is 0 Å². The van der Waals surface area contributed by atoms with Crippen LogP contribution >= 0.6 is 0 Å². The van der Waals surface area contributed by atoms with Gasteiger partial charge in [0.1, 0.15) is 6.54 Å². The standard InChI is InChI=1S/C17H17NO3/c1-12(2)8-13-4-3-5-14(9-13)15-6-7-16(19)18(10-15)11-17(20)21/h3-10H,11H2,1-2H3,(H,20,21). The molecule has 0 saturated carbocycles. The van der Waals surface area contributed by atoms with E-state index in [1.54, 1.807) is 12.3 Å². The van der Waals surface area contributed by atoms with Crippen molar-refractivity contribution in [3.05, 3.63) is 64.1 Å². The summed E-state index contributed by atoms with van der Waals surface area (Å²) in [6.45, 7) is 3.72. The van der Waals surface area contributed by atoms with Crippen LogP contribution in [-0.4, -0.2) is 15.6 Å². The average molecular weight is 283 g/mol. The molecule has 0 saturated heterocycles. The number of hydrogen-bond acceptors (Lipinski definition) is 2. The lowest BCUT2D eigenvalue weighted by Crippen LogP contribution is -2.22. The van der Waals surface area contributed by atoms with E-state index in [9.17, 15) is 9.59 Å². The summed E-state index contributed by atoms with van der Waals surface area (Å²) in [5, 5.41) is 8.83. The minimum absolute atomic E-state index is 0.318. The molecule has 1 aromatic heterocycles. The van der Waals surface area contributed by atoms with Gasteiger partial charge in [-0.15, -0.1) is 0 Å². The highest BCUT2D eigenvalue weighted by Crippen LogP contribution is 2.20. The van der Waals surface area contributed by atoms with Crippen LogP contribution < -0.4 is 5.56 Å². The Kier molecular flexibility index (Phi) is 4.38. The van der Waals surface area contributed by atoms with Gasteiger partial charge in [-0.2, -0.15) is 0 Å². The Hall–Kier alpha value is -2.62. The van der Waals surface area contributed by atoms with Crippen LogP contribution in [0.25, 0.3) is 17.2 Å². The third-order valence-corrected chi connectivity index (χ3v) is 2.96. The quantitative estimate of drug-likeness (QED) is 0.938. The van der Waals surface area contributed by atoms with Gasteiger partial charge in [0.2, 0.25) is 0 Å². The number of aromatic nitrogens is 1. The summed E-state index contributed by atoms with van der Waals surface area (Å²) >= 11 is 0. The van der Waals surface area contributed by atoms with Gasteiger partial charge < -0.3 is 9.67 Å². The van der Waals surface area contributed by atoms with E-state index in [2.05, 4.69) is 6.08 Å². The minimum atomic E-state index is -1.03. The van der Waals surface area contributed by atoms with Gasteiger partial charge in [0.15, 0.2) is 0 Å². The van der Waals surface area contributed by atoms with E-state index >= 15 is 0 Å². The molecule has 0 spiro atoms. The zero-order chi connectivity index (χ0) is 15.4. The summed E-state index contributed by atoms with van der Waals surface area (Å²) < 4.78 is 1.20. The smallest absolute Gasteiger partial charge is 0.323 e. The third kappa shape index (κ3) is 3.92. The van der Waals surface area contributed by atoms with Gasteiger partial charge in [-0.1, -0.05) is 29.8 Å². The van der Waals surface area contributed by atoms with Crippen molar-refractivity contribution >= 4 is 12.0 Å². The number of pyridine rings is 1. The molecule has 0 fully saturated rings. The first kappa shape index (κ1) is 14.8. The molecule has 0 unspecified atom stereocenters. The van der Waals surface area contributed by atoms with Crippen molar-refractivity contribution in [2.45, 2.75) is 20.4 Å². The highest BCUT2D eigenvalue weighted by molar-refractivity contribution is 5.69. The number of hydrogen-bond donors (Lipinski definition) is 1. The van der Waals surface area contributed by atoms with Gasteiger partial charge in [-0.05, 0) is 42.7 Å². The molecule has 0 amide bonds. The molecule has 0 bridgehead atoms. The van der Waals surface area contributed by atoms with Crippen molar-refractivity contribution in [1.82, 2.24) is 4.57 Å². The Balaban J connectivity index is 2.45. The number of allylic oxidation sites excluding steroid dienone is 1. The normalized spacial score (nSPS) is 10.2. The number of rotatable bonds is 4. The molecule has 0 radical (unpaired) electrons. The Morgan fingerprint density at radius 1 is 1.19 bits per heavy atom. The van der Waals surface area contributed by atoms with Crippen molar-refractivity contribution in [2.24, 2.45) is 0 Å². The maximum atomic E-state index is 11.6. The van der Waals surface area contributed by atoms with E-state index in [4.69, 9.17) is 5.11 Å². The predicted molar refractivity (Wildman–Crippen MR) is 83.1 cm³/mol. The van der Waals surface area contributed by atoms with Crippen LogP contribution in [0.15, 0.2) is 53.0 Å². The van der Waals surface area contributed by atoms with E-state index < -0.39 is 5.97 Å². The van der Waals surface area contributed by atoms with Crippen molar-refractivity contribution in [1.29, 1.82) is 0 Å². The van der Waals surface area contributed by atoms with Gasteiger partial charge in [-0.25, -0.2) is 0 Å². The van der Waals surface area contributed by atoms with Crippen LogP contribution in [-0.2, 0) is 11.3 Å². The molecule has 21 heavy (non-hydrogen) atoms. The fourth-order valence-corrected chi connectivity index (χ4v) is 2.11. The van der Waals surface area contributed by atoms with Crippen LogP contribution in [0.3, 0.4) is 0 Å². The van der Waals surface area contributed by atoms with Crippen LogP contribution in [0, 0.1) is 0 Å². The monoisotopic (exact) mass is 283 g/mol. The Labute approximate surface area is 123 Å². The summed E-state index contributed by atoms with van der Waals surface area (Å²) in [7, 11) is 0. The Bertz CT molecular complexity index is 753. The molecule has 1 heterocycles. The molecule has 4 heteroatoms. The van der Waals surface area contributed by atoms with Crippen molar-refractivity contribution in [2.75, 3.05) is 0 Å². The topological polar surface area (TPSA) is 59.3 Å². The predicted octanol–water partition coefficient (Wildman–Crippen LogP) is 3.02. The molecular formula is C17H17NO3. The highest BCUT2D eigenvalue weighted by atomic mass is 16.4. The molecule has 0 aliphatic rings. The van der Waals surface area contributed by atoms with Crippen LogP contribution in [0.2, 0.25) is 0 Å². The fourth-order valence-electron chi connectivity index (χ4n) is 2.11. The van der Waals surface area contributed by atoms with Gasteiger partial charge in [-0.3, -0.25) is 9.59 Å². The molecule has 1 N–H and O–H groups in total. The van der Waals surface area contributed by atoms with E-state index in [1.807, 2.05) is 38.1 Å². The number of carboxylic acid groups (broad SMARTS) is 1. The SMILES string of the molecule is CC(C)=Cc1cccc(-c2ccc(=O)n(CC(=O)O)c2)c1. The second-order valence-electron chi connectivity index (χ2n) is 5.12. The van der Waals surface area contributed by atoms with Crippen molar-refractivity contribution in [3.63, 3.8) is 0 Å². The van der Waals surface area contributed by atoms with Crippen LogP contribution in [0.1, 0.15) is 19.4 Å². The molecular weight excluding hydrogens is 266 g/mol.